The summed E-state index contributed by atoms with van der Waals surface area (Å²) in [5.74, 6) is -16.8. The van der Waals surface area contributed by atoms with Gasteiger partial charge in [0, 0.05) is 32.4 Å². The summed E-state index contributed by atoms with van der Waals surface area (Å²) in [5, 5.41) is 66.4. The van der Waals surface area contributed by atoms with Gasteiger partial charge in [0.25, 0.3) is 0 Å². The van der Waals surface area contributed by atoms with Crippen LogP contribution in [0.4, 0.5) is 0 Å². The minimum Gasteiger partial charge on any atom is -0.508 e. The lowest BCUT2D eigenvalue weighted by Crippen LogP contribution is -2.60. The van der Waals surface area contributed by atoms with E-state index in [1.54, 1.807) is 13.8 Å². The van der Waals surface area contributed by atoms with Gasteiger partial charge in [-0.05, 0) is 88.3 Å². The SMILES string of the molecule is CC(C)CC(NC(=O)C(CC(=O)O)NC(=O)C(CCC(=O)O)NC(=O)C(C)NC(=O)C(CCC(=O)O)NC(=O)C(CCCN=C(N)N)NC(=O)C(CCCN=C(N)N)NC(=O)C(N)Cc1ccc(O)cc1)C(=O)NC(CCC(N)=O)C(=O)O. The predicted octanol–water partition coefficient (Wildman–Crippen LogP) is -6.13. The lowest BCUT2D eigenvalue weighted by Gasteiger charge is -2.27. The van der Waals surface area contributed by atoms with Gasteiger partial charge < -0.3 is 102 Å². The van der Waals surface area contributed by atoms with Crippen molar-refractivity contribution in [2.45, 2.75) is 159 Å². The van der Waals surface area contributed by atoms with Gasteiger partial charge in [0.15, 0.2) is 11.9 Å². The van der Waals surface area contributed by atoms with E-state index < -0.39 is 176 Å². The van der Waals surface area contributed by atoms with E-state index in [2.05, 4.69) is 52.5 Å². The van der Waals surface area contributed by atoms with E-state index in [9.17, 15) is 87.9 Å². The number of carboxylic acid groups (broad SMARTS) is 4. The standard InChI is InChI=1S/C49H78N16O18/c1-23(2)20-33(45(80)63-32(47(82)83)12-15-35(51)67)64-46(81)34(22-38(72)73)65-44(79)31(14-17-37(70)71)59-39(74)24(3)58-41(76)30(13-16-36(68)69)62-43(78)29(7-5-19-57-49(54)55)61-42(77)28(6-4-18-56-48(52)53)60-40(75)27(50)21-25-8-10-26(66)11-9-25/h8-11,23-24,27-34,66H,4-7,12-22,50H2,1-3H3,(H2,51,67)(H,58,76)(H,59,74)(H,60,75)(H,61,77)(H,62,78)(H,63,80)(H,64,81)(H,65,79)(H,68,69)(H,70,71)(H,72,73)(H,82,83)(H4,52,53,56)(H4,54,55,57). The molecule has 0 saturated heterocycles. The number of carbonyl (C=O) groups is 13. The Bertz CT molecular complexity index is 2500. The molecule has 0 bridgehead atoms. The van der Waals surface area contributed by atoms with Crippen molar-refractivity contribution >= 4 is 89.0 Å². The first-order valence-corrected chi connectivity index (χ1v) is 26.0. The molecule has 0 spiro atoms. The lowest BCUT2D eigenvalue weighted by atomic mass is 10.0. The number of hydrogen-bond donors (Lipinski definition) is 19. The molecule has 0 saturated carbocycles. The van der Waals surface area contributed by atoms with Crippen molar-refractivity contribution in [1.29, 1.82) is 0 Å². The van der Waals surface area contributed by atoms with Crippen LogP contribution >= 0.6 is 0 Å². The van der Waals surface area contributed by atoms with Crippen LogP contribution in [0, 0.1) is 5.92 Å². The molecule has 9 amide bonds. The summed E-state index contributed by atoms with van der Waals surface area (Å²) in [5.41, 5.74) is 33.6. The second kappa shape index (κ2) is 36.8. The van der Waals surface area contributed by atoms with Crippen LogP contribution in [0.25, 0.3) is 0 Å². The van der Waals surface area contributed by atoms with Gasteiger partial charge in [-0.25, -0.2) is 4.79 Å². The van der Waals surface area contributed by atoms with Crippen LogP contribution in [-0.4, -0.2) is 182 Å². The van der Waals surface area contributed by atoms with Crippen molar-refractivity contribution in [2.24, 2.45) is 50.3 Å². The maximum absolute atomic E-state index is 14.1. The molecule has 462 valence electrons. The number of nitrogens with one attached hydrogen (secondary N) is 8. The molecule has 0 heterocycles. The van der Waals surface area contributed by atoms with Crippen LogP contribution in [0.15, 0.2) is 34.3 Å². The Labute approximate surface area is 475 Å². The maximum Gasteiger partial charge on any atom is 0.326 e. The number of phenols is 1. The number of amides is 9. The smallest absolute Gasteiger partial charge is 0.326 e. The molecule has 1 aromatic rings. The van der Waals surface area contributed by atoms with Crippen molar-refractivity contribution in [3.63, 3.8) is 0 Å². The third kappa shape index (κ3) is 30.1. The fourth-order valence-electron chi connectivity index (χ4n) is 7.54. The summed E-state index contributed by atoms with van der Waals surface area (Å²) < 4.78 is 0. The molecule has 0 aliphatic carbocycles. The summed E-state index contributed by atoms with van der Waals surface area (Å²) >= 11 is 0. The van der Waals surface area contributed by atoms with Gasteiger partial charge in [-0.1, -0.05) is 26.0 Å². The molecule has 0 aliphatic rings. The highest BCUT2D eigenvalue weighted by Crippen LogP contribution is 2.13. The number of nitrogens with two attached hydrogens (primary N) is 6. The number of phenolic OH excluding ortho intramolecular Hbond substituents is 1. The van der Waals surface area contributed by atoms with Crippen LogP contribution in [0.5, 0.6) is 5.75 Å². The molecule has 9 unspecified atom stereocenters. The van der Waals surface area contributed by atoms with Crippen molar-refractivity contribution in [3.05, 3.63) is 29.8 Å². The molecule has 0 radical (unpaired) electrons. The average molecular weight is 1180 g/mol. The first-order chi connectivity index (χ1) is 38.8. The number of benzene rings is 1. The van der Waals surface area contributed by atoms with Gasteiger partial charge >= 0.3 is 23.9 Å². The number of hydrogen-bond acceptors (Lipinski definition) is 17. The Hall–Kier alpha value is -9.37. The molecular weight excluding hydrogens is 1100 g/mol. The molecule has 0 fully saturated rings. The van der Waals surface area contributed by atoms with E-state index in [1.807, 2.05) is 0 Å². The number of carbonyl (C=O) groups excluding carboxylic acids is 9. The number of nitrogens with zero attached hydrogens (tertiary/aromatic N) is 2. The highest BCUT2D eigenvalue weighted by atomic mass is 16.4. The van der Waals surface area contributed by atoms with E-state index in [0.29, 0.717) is 5.56 Å². The van der Waals surface area contributed by atoms with E-state index >= 15 is 0 Å². The van der Waals surface area contributed by atoms with E-state index in [1.165, 1.54) is 24.3 Å². The molecular formula is C49H78N16O18. The third-order valence-electron chi connectivity index (χ3n) is 11.8. The van der Waals surface area contributed by atoms with Crippen LogP contribution in [0.1, 0.15) is 103 Å². The minimum absolute atomic E-state index is 0.00861. The van der Waals surface area contributed by atoms with Gasteiger partial charge in [0.05, 0.1) is 12.5 Å². The summed E-state index contributed by atoms with van der Waals surface area (Å²) in [7, 11) is 0. The summed E-state index contributed by atoms with van der Waals surface area (Å²) in [6.45, 7) is 4.26. The molecule has 1 rings (SSSR count). The van der Waals surface area contributed by atoms with Crippen molar-refractivity contribution in [1.82, 2.24) is 42.5 Å². The van der Waals surface area contributed by atoms with E-state index in [0.717, 1.165) is 6.92 Å². The maximum atomic E-state index is 14.1. The molecule has 0 aliphatic heterocycles. The number of guanidine groups is 2. The molecule has 25 N–H and O–H groups in total. The molecule has 83 heavy (non-hydrogen) atoms. The fourth-order valence-corrected chi connectivity index (χ4v) is 7.54. The van der Waals surface area contributed by atoms with Crippen LogP contribution in [0.2, 0.25) is 0 Å². The predicted molar refractivity (Wildman–Crippen MR) is 292 cm³/mol. The Morgan fingerprint density at radius 2 is 0.831 bits per heavy atom. The number of aliphatic imine (C=N–C) groups is 2. The Morgan fingerprint density at radius 1 is 0.458 bits per heavy atom. The molecule has 34 nitrogen and oxygen atoms in total. The van der Waals surface area contributed by atoms with E-state index in [-0.39, 0.29) is 75.2 Å². The Morgan fingerprint density at radius 3 is 1.25 bits per heavy atom. The number of aromatic hydroxyl groups is 1. The first-order valence-electron chi connectivity index (χ1n) is 26.0. The van der Waals surface area contributed by atoms with Crippen LogP contribution in [-0.2, 0) is 68.7 Å². The number of aliphatic carboxylic acids is 4. The van der Waals surface area contributed by atoms with Gasteiger partial charge in [0.2, 0.25) is 53.2 Å². The van der Waals surface area contributed by atoms with Crippen LogP contribution in [0.3, 0.4) is 0 Å². The van der Waals surface area contributed by atoms with Gasteiger partial charge in [-0.2, -0.15) is 0 Å². The highest BCUT2D eigenvalue weighted by Gasteiger charge is 2.35. The molecule has 0 aromatic heterocycles. The van der Waals surface area contributed by atoms with Crippen molar-refractivity contribution < 1.29 is 87.9 Å². The number of rotatable bonds is 40. The first kappa shape index (κ1) is 71.6. The van der Waals surface area contributed by atoms with E-state index in [4.69, 9.17) is 34.4 Å². The summed E-state index contributed by atoms with van der Waals surface area (Å²) in [4.78, 5) is 176. The molecule has 9 atom stereocenters. The second-order valence-electron chi connectivity index (χ2n) is 19.5. The topological polar surface area (TPSA) is 600 Å². The largest absolute Gasteiger partial charge is 0.508 e. The Balaban J connectivity index is 3.49. The zero-order valence-electron chi connectivity index (χ0n) is 46.1. The number of primary amides is 1. The molecule has 34 heteroatoms. The zero-order valence-corrected chi connectivity index (χ0v) is 46.1. The number of carboxylic acids is 4. The summed E-state index contributed by atoms with van der Waals surface area (Å²) in [6, 6.07) is -8.85. The highest BCUT2D eigenvalue weighted by molar-refractivity contribution is 5.99. The quantitative estimate of drug-likeness (QED) is 0.0165. The second-order valence-corrected chi connectivity index (χ2v) is 19.5. The monoisotopic (exact) mass is 1180 g/mol. The average Bonchev–Trinajstić information content (AvgIpc) is 3.41. The van der Waals surface area contributed by atoms with Crippen LogP contribution < -0.4 is 76.9 Å². The Kier molecular flexibility index (Phi) is 31.8. The zero-order chi connectivity index (χ0) is 63.1. The van der Waals surface area contributed by atoms with Gasteiger partial charge in [-0.3, -0.25) is 67.5 Å². The summed E-state index contributed by atoms with van der Waals surface area (Å²) in [6.07, 6.45) is -5.26. The minimum atomic E-state index is -2.02. The fraction of sp³-hybridized carbons (Fsp3) is 0.571. The van der Waals surface area contributed by atoms with Crippen molar-refractivity contribution in [2.75, 3.05) is 13.1 Å². The third-order valence-corrected chi connectivity index (χ3v) is 11.8. The molecule has 1 aromatic carbocycles. The van der Waals surface area contributed by atoms with Crippen molar-refractivity contribution in [3.8, 4) is 5.75 Å². The normalized spacial score (nSPS) is 14.1. The van der Waals surface area contributed by atoms with Gasteiger partial charge in [-0.15, -0.1) is 0 Å². The van der Waals surface area contributed by atoms with Gasteiger partial charge in [0.1, 0.15) is 54.1 Å². The lowest BCUT2D eigenvalue weighted by molar-refractivity contribution is -0.143.